The lowest BCUT2D eigenvalue weighted by molar-refractivity contribution is -0.111. The molecule has 1 amide bonds. The first-order valence-corrected chi connectivity index (χ1v) is 12.5. The van der Waals surface area contributed by atoms with Crippen molar-refractivity contribution in [1.82, 2.24) is 9.97 Å². The number of hydrogen-bond donors (Lipinski definition) is 3. The Balaban J connectivity index is 1.53. The maximum absolute atomic E-state index is 11.9. The van der Waals surface area contributed by atoms with Crippen molar-refractivity contribution in [3.8, 4) is 17.3 Å². The predicted octanol–water partition coefficient (Wildman–Crippen LogP) is 5.46. The number of rotatable bonds is 8. The number of ether oxygens (including phenoxy) is 1. The molecule has 0 unspecified atom stereocenters. The number of nitriles is 1. The molecule has 39 heavy (non-hydrogen) atoms. The molecule has 1 aliphatic rings. The number of carbonyl (C=O) groups excluding carboxylic acids is 1. The van der Waals surface area contributed by atoms with Gasteiger partial charge in [0.05, 0.1) is 36.7 Å². The number of benzene rings is 3. The van der Waals surface area contributed by atoms with Crippen LogP contribution in [0.5, 0.6) is 0 Å². The highest BCUT2D eigenvalue weighted by Crippen LogP contribution is 2.34. The molecule has 1 aromatic heterocycles. The molecule has 194 valence electrons. The lowest BCUT2D eigenvalue weighted by Crippen LogP contribution is -2.36. The predicted molar refractivity (Wildman–Crippen MR) is 153 cm³/mol. The van der Waals surface area contributed by atoms with Crippen LogP contribution in [0.2, 0.25) is 0 Å². The van der Waals surface area contributed by atoms with Gasteiger partial charge in [0.2, 0.25) is 11.9 Å². The Morgan fingerprint density at radius 1 is 0.974 bits per heavy atom. The fourth-order valence-electron chi connectivity index (χ4n) is 4.26. The Morgan fingerprint density at radius 2 is 1.77 bits per heavy atom. The zero-order valence-corrected chi connectivity index (χ0v) is 21.2. The van der Waals surface area contributed by atoms with Crippen molar-refractivity contribution in [3.05, 3.63) is 97.2 Å². The van der Waals surface area contributed by atoms with Crippen LogP contribution in [0.4, 0.5) is 34.4 Å². The lowest BCUT2D eigenvalue weighted by atomic mass is 10.0. The van der Waals surface area contributed by atoms with Gasteiger partial charge < -0.3 is 25.6 Å². The fourth-order valence-corrected chi connectivity index (χ4v) is 4.26. The SMILES string of the molecule is C=CC(=O)Nc1ccc(C#N)c(-c2nc(Nc3cccc(N4CCOCC4)c3)ncc2Nc2ccccc2)c1. The van der Waals surface area contributed by atoms with E-state index in [1.807, 2.05) is 42.5 Å². The molecular formula is C30H27N7O2. The van der Waals surface area contributed by atoms with E-state index in [0.29, 0.717) is 47.4 Å². The van der Waals surface area contributed by atoms with Crippen molar-refractivity contribution >= 4 is 40.3 Å². The van der Waals surface area contributed by atoms with Crippen molar-refractivity contribution in [1.29, 1.82) is 5.26 Å². The Bertz CT molecular complexity index is 1530. The van der Waals surface area contributed by atoms with Gasteiger partial charge in [0.1, 0.15) is 5.69 Å². The van der Waals surface area contributed by atoms with Crippen LogP contribution in [0.3, 0.4) is 0 Å². The standard InChI is InChI=1S/C30H27N7O2/c1-2-28(38)34-24-12-11-21(19-31)26(18-24)29-27(33-22-7-4-3-5-8-22)20-32-30(36-29)35-23-9-6-10-25(17-23)37-13-15-39-16-14-37/h2-12,17-18,20,33H,1,13-16H2,(H,34,38)(H,32,35,36). The summed E-state index contributed by atoms with van der Waals surface area (Å²) in [7, 11) is 0. The first-order valence-electron chi connectivity index (χ1n) is 12.5. The maximum atomic E-state index is 11.9. The van der Waals surface area contributed by atoms with Crippen molar-refractivity contribution in [2.75, 3.05) is 47.2 Å². The molecule has 1 fully saturated rings. The van der Waals surface area contributed by atoms with Crippen molar-refractivity contribution in [2.24, 2.45) is 0 Å². The number of carbonyl (C=O) groups is 1. The van der Waals surface area contributed by atoms with E-state index in [2.05, 4.69) is 50.6 Å². The summed E-state index contributed by atoms with van der Waals surface area (Å²) >= 11 is 0. The summed E-state index contributed by atoms with van der Waals surface area (Å²) in [5.74, 6) is 0.0191. The number of aromatic nitrogens is 2. The van der Waals surface area contributed by atoms with E-state index in [1.54, 1.807) is 24.4 Å². The minimum Gasteiger partial charge on any atom is -0.378 e. The molecule has 2 heterocycles. The molecule has 0 saturated carbocycles. The van der Waals surface area contributed by atoms with Crippen LogP contribution in [-0.2, 0) is 9.53 Å². The van der Waals surface area contributed by atoms with E-state index in [0.717, 1.165) is 30.2 Å². The van der Waals surface area contributed by atoms with Crippen LogP contribution in [0.15, 0.2) is 91.6 Å². The van der Waals surface area contributed by atoms with Gasteiger partial charge in [-0.05, 0) is 54.6 Å². The van der Waals surface area contributed by atoms with E-state index in [1.165, 1.54) is 6.08 Å². The number of para-hydroxylation sites is 1. The third kappa shape index (κ3) is 6.21. The van der Waals surface area contributed by atoms with Crippen LogP contribution in [0, 0.1) is 11.3 Å². The number of morpholine rings is 1. The molecule has 9 heteroatoms. The van der Waals surface area contributed by atoms with Gasteiger partial charge in [0.25, 0.3) is 0 Å². The summed E-state index contributed by atoms with van der Waals surface area (Å²) in [6, 6.07) is 25.0. The molecule has 1 aliphatic heterocycles. The molecular weight excluding hydrogens is 490 g/mol. The quantitative estimate of drug-likeness (QED) is 0.264. The minimum atomic E-state index is -0.349. The van der Waals surface area contributed by atoms with Crippen LogP contribution in [0.1, 0.15) is 5.56 Å². The maximum Gasteiger partial charge on any atom is 0.247 e. The minimum absolute atomic E-state index is 0.349. The zero-order chi connectivity index (χ0) is 27.0. The van der Waals surface area contributed by atoms with Crippen LogP contribution in [0.25, 0.3) is 11.3 Å². The summed E-state index contributed by atoms with van der Waals surface area (Å²) in [4.78, 5) is 23.6. The van der Waals surface area contributed by atoms with E-state index in [9.17, 15) is 10.1 Å². The molecule has 0 bridgehead atoms. The summed E-state index contributed by atoms with van der Waals surface area (Å²) in [5.41, 5.74) is 5.35. The van der Waals surface area contributed by atoms with Crippen molar-refractivity contribution < 1.29 is 9.53 Å². The fraction of sp³-hybridized carbons (Fsp3) is 0.133. The number of nitrogens with one attached hydrogen (secondary N) is 3. The number of amides is 1. The summed E-state index contributed by atoms with van der Waals surface area (Å²) in [6.45, 7) is 6.58. The lowest BCUT2D eigenvalue weighted by Gasteiger charge is -2.29. The average Bonchev–Trinajstić information content (AvgIpc) is 2.99. The second kappa shape index (κ2) is 11.9. The Hall–Kier alpha value is -5.20. The van der Waals surface area contributed by atoms with Gasteiger partial charge in [-0.25, -0.2) is 9.97 Å². The molecule has 0 spiro atoms. The molecule has 0 radical (unpaired) electrons. The number of hydrogen-bond acceptors (Lipinski definition) is 8. The molecule has 0 atom stereocenters. The number of anilines is 6. The first-order chi connectivity index (χ1) is 19.1. The van der Waals surface area contributed by atoms with Gasteiger partial charge in [0, 0.05) is 41.4 Å². The van der Waals surface area contributed by atoms with Crippen molar-refractivity contribution in [3.63, 3.8) is 0 Å². The average molecular weight is 518 g/mol. The smallest absolute Gasteiger partial charge is 0.247 e. The highest BCUT2D eigenvalue weighted by Gasteiger charge is 2.17. The summed E-state index contributed by atoms with van der Waals surface area (Å²) in [6.07, 6.45) is 2.87. The molecule has 4 aromatic rings. The summed E-state index contributed by atoms with van der Waals surface area (Å²) in [5, 5.41) is 19.3. The molecule has 5 rings (SSSR count). The van der Waals surface area contributed by atoms with Gasteiger partial charge >= 0.3 is 0 Å². The van der Waals surface area contributed by atoms with Gasteiger partial charge in [-0.1, -0.05) is 30.8 Å². The number of nitrogens with zero attached hydrogens (tertiary/aromatic N) is 4. The van der Waals surface area contributed by atoms with Gasteiger partial charge in [-0.3, -0.25) is 4.79 Å². The van der Waals surface area contributed by atoms with Crippen LogP contribution >= 0.6 is 0 Å². The van der Waals surface area contributed by atoms with Crippen LogP contribution < -0.4 is 20.9 Å². The molecule has 0 aliphatic carbocycles. The molecule has 1 saturated heterocycles. The summed E-state index contributed by atoms with van der Waals surface area (Å²) < 4.78 is 5.48. The molecule has 9 nitrogen and oxygen atoms in total. The molecule has 3 aromatic carbocycles. The first kappa shape index (κ1) is 25.4. The van der Waals surface area contributed by atoms with Gasteiger partial charge in [0.15, 0.2) is 0 Å². The zero-order valence-electron chi connectivity index (χ0n) is 21.2. The second-order valence-corrected chi connectivity index (χ2v) is 8.79. The van der Waals surface area contributed by atoms with Gasteiger partial charge in [-0.2, -0.15) is 5.26 Å². The van der Waals surface area contributed by atoms with Crippen molar-refractivity contribution in [2.45, 2.75) is 0 Å². The van der Waals surface area contributed by atoms with E-state index < -0.39 is 0 Å². The third-order valence-electron chi connectivity index (χ3n) is 6.17. The Morgan fingerprint density at radius 3 is 2.54 bits per heavy atom. The largest absolute Gasteiger partial charge is 0.378 e. The highest BCUT2D eigenvalue weighted by atomic mass is 16.5. The monoisotopic (exact) mass is 517 g/mol. The van der Waals surface area contributed by atoms with E-state index >= 15 is 0 Å². The Labute approximate surface area is 226 Å². The normalized spacial score (nSPS) is 12.7. The van der Waals surface area contributed by atoms with Crippen LogP contribution in [-0.4, -0.2) is 42.2 Å². The van der Waals surface area contributed by atoms with E-state index in [4.69, 9.17) is 9.72 Å². The third-order valence-corrected chi connectivity index (χ3v) is 6.17. The van der Waals surface area contributed by atoms with E-state index in [-0.39, 0.29) is 5.91 Å². The highest BCUT2D eigenvalue weighted by molar-refractivity contribution is 5.99. The second-order valence-electron chi connectivity index (χ2n) is 8.79. The molecule has 3 N–H and O–H groups in total. The topological polar surface area (TPSA) is 115 Å². The Kier molecular flexibility index (Phi) is 7.76. The van der Waals surface area contributed by atoms with Gasteiger partial charge in [-0.15, -0.1) is 0 Å².